The highest BCUT2D eigenvalue weighted by Gasteiger charge is 2.24. The number of fused-ring (bicyclic) bond motifs is 3. The van der Waals surface area contributed by atoms with Crippen LogP contribution in [0.1, 0.15) is 12.8 Å². The second kappa shape index (κ2) is 11.4. The standard InChI is InChI=1S/C28H30F2N8O5/c1-34-25-21-15-19(22-4-2-12-42-22)33-38(21)27(31)32-26(25)37(28(34)41)11-8-35-6-9-36(10-7-35)20-16-23(18(30)14-17(20)29)43-13-3-5-24(39)40/h2,4,12,14-16H,3,5-11,13H2,1H3,(H2,31,32)(H,39,40). The first-order valence-electron chi connectivity index (χ1n) is 13.8. The Hall–Kier alpha value is -4.92. The molecule has 1 aromatic carbocycles. The number of carbonyl (C=O) groups is 1. The lowest BCUT2D eigenvalue weighted by atomic mass is 10.2. The molecule has 226 valence electrons. The van der Waals surface area contributed by atoms with Crippen LogP contribution in [0.25, 0.3) is 28.1 Å². The molecule has 0 unspecified atom stereocenters. The number of aryl methyl sites for hydroxylation is 1. The molecule has 13 nitrogen and oxygen atoms in total. The Labute approximate surface area is 243 Å². The Morgan fingerprint density at radius 2 is 1.93 bits per heavy atom. The fraction of sp³-hybridized carbons (Fsp3) is 0.357. The monoisotopic (exact) mass is 596 g/mol. The summed E-state index contributed by atoms with van der Waals surface area (Å²) < 4.78 is 44.4. The van der Waals surface area contributed by atoms with E-state index in [1.54, 1.807) is 30.0 Å². The lowest BCUT2D eigenvalue weighted by Gasteiger charge is -2.36. The lowest BCUT2D eigenvalue weighted by Crippen LogP contribution is -2.47. The van der Waals surface area contributed by atoms with Crippen LogP contribution in [-0.2, 0) is 18.4 Å². The van der Waals surface area contributed by atoms with E-state index in [1.165, 1.54) is 15.1 Å². The molecule has 3 N–H and O–H groups in total. The summed E-state index contributed by atoms with van der Waals surface area (Å²) >= 11 is 0. The second-order valence-corrected chi connectivity index (χ2v) is 10.3. The average Bonchev–Trinajstić information content (AvgIpc) is 3.71. The number of carboxylic acid groups (broad SMARTS) is 1. The molecule has 5 aromatic rings. The summed E-state index contributed by atoms with van der Waals surface area (Å²) in [6, 6.07) is 7.46. The number of benzene rings is 1. The smallest absolute Gasteiger partial charge is 0.330 e. The molecule has 1 fully saturated rings. The van der Waals surface area contributed by atoms with Crippen LogP contribution in [0.5, 0.6) is 5.75 Å². The molecule has 0 bridgehead atoms. The molecule has 0 aliphatic carbocycles. The topological polar surface area (TPSA) is 149 Å². The Kier molecular flexibility index (Phi) is 7.48. The van der Waals surface area contributed by atoms with E-state index in [9.17, 15) is 18.4 Å². The first-order chi connectivity index (χ1) is 20.7. The number of ether oxygens (including phenoxy) is 1. The number of rotatable bonds is 10. The number of halogens is 2. The summed E-state index contributed by atoms with van der Waals surface area (Å²) in [7, 11) is 1.68. The summed E-state index contributed by atoms with van der Waals surface area (Å²) in [5.74, 6) is -1.91. The predicted molar refractivity (Wildman–Crippen MR) is 153 cm³/mol. The van der Waals surface area contributed by atoms with Crippen LogP contribution in [0.4, 0.5) is 20.4 Å². The molecule has 1 saturated heterocycles. The van der Waals surface area contributed by atoms with Crippen molar-refractivity contribution in [2.75, 3.05) is 50.0 Å². The fourth-order valence-corrected chi connectivity index (χ4v) is 5.40. The SMILES string of the molecule is Cn1c(=O)n(CCN2CCN(c3cc(OCCCC(=O)O)c(F)cc3F)CC2)c2nc(N)n3nc(-c4ccco4)cc3c21. The molecule has 1 aliphatic heterocycles. The summed E-state index contributed by atoms with van der Waals surface area (Å²) in [6.07, 6.45) is 1.66. The number of nitrogen functional groups attached to an aromatic ring is 1. The maximum atomic E-state index is 14.7. The minimum atomic E-state index is -0.970. The van der Waals surface area contributed by atoms with Crippen molar-refractivity contribution in [1.29, 1.82) is 0 Å². The number of hydrogen-bond donors (Lipinski definition) is 2. The Balaban J connectivity index is 1.14. The van der Waals surface area contributed by atoms with Crippen LogP contribution in [-0.4, -0.2) is 79.0 Å². The van der Waals surface area contributed by atoms with E-state index in [-0.39, 0.29) is 42.5 Å². The number of piperazine rings is 1. The second-order valence-electron chi connectivity index (χ2n) is 10.3. The third-order valence-corrected chi connectivity index (χ3v) is 7.63. The Morgan fingerprint density at radius 3 is 2.65 bits per heavy atom. The van der Waals surface area contributed by atoms with Gasteiger partial charge >= 0.3 is 11.7 Å². The fourth-order valence-electron chi connectivity index (χ4n) is 5.40. The lowest BCUT2D eigenvalue weighted by molar-refractivity contribution is -0.137. The van der Waals surface area contributed by atoms with Gasteiger partial charge in [0.2, 0.25) is 5.95 Å². The third kappa shape index (κ3) is 5.38. The molecule has 0 spiro atoms. The van der Waals surface area contributed by atoms with Gasteiger partial charge in [0.05, 0.1) is 24.1 Å². The number of carboxylic acids is 1. The molecular weight excluding hydrogens is 566 g/mol. The summed E-state index contributed by atoms with van der Waals surface area (Å²) in [5, 5.41) is 13.3. The zero-order valence-corrected chi connectivity index (χ0v) is 23.4. The number of nitrogens with zero attached hydrogens (tertiary/aromatic N) is 7. The molecule has 0 amide bonds. The van der Waals surface area contributed by atoms with Crippen molar-refractivity contribution in [3.63, 3.8) is 0 Å². The molecule has 5 heterocycles. The molecule has 1 aliphatic rings. The first-order valence-corrected chi connectivity index (χ1v) is 13.8. The van der Waals surface area contributed by atoms with Gasteiger partial charge < -0.3 is 24.9 Å². The zero-order valence-electron chi connectivity index (χ0n) is 23.4. The van der Waals surface area contributed by atoms with Crippen molar-refractivity contribution in [3.8, 4) is 17.2 Å². The van der Waals surface area contributed by atoms with Crippen LogP contribution in [0.15, 0.2) is 45.8 Å². The van der Waals surface area contributed by atoms with Crippen molar-refractivity contribution >= 4 is 34.3 Å². The van der Waals surface area contributed by atoms with E-state index in [0.29, 0.717) is 67.4 Å². The highest BCUT2D eigenvalue weighted by molar-refractivity contribution is 5.91. The van der Waals surface area contributed by atoms with Crippen LogP contribution < -0.4 is 21.1 Å². The number of aromatic nitrogens is 5. The van der Waals surface area contributed by atoms with Gasteiger partial charge in [-0.25, -0.2) is 13.6 Å². The van der Waals surface area contributed by atoms with E-state index < -0.39 is 17.6 Å². The van der Waals surface area contributed by atoms with Crippen molar-refractivity contribution in [1.82, 2.24) is 28.6 Å². The summed E-state index contributed by atoms with van der Waals surface area (Å²) in [4.78, 5) is 32.4. The molecule has 15 heteroatoms. The summed E-state index contributed by atoms with van der Waals surface area (Å²) in [5.41, 5.74) is 8.47. The molecule has 0 atom stereocenters. The minimum Gasteiger partial charge on any atom is -0.490 e. The van der Waals surface area contributed by atoms with E-state index in [1.807, 2.05) is 11.0 Å². The van der Waals surface area contributed by atoms with Gasteiger partial charge in [0.1, 0.15) is 17.0 Å². The Bertz CT molecular complexity index is 1850. The van der Waals surface area contributed by atoms with Crippen LogP contribution >= 0.6 is 0 Å². The third-order valence-electron chi connectivity index (χ3n) is 7.63. The molecule has 0 saturated carbocycles. The zero-order chi connectivity index (χ0) is 30.2. The normalized spacial score (nSPS) is 14.3. The van der Waals surface area contributed by atoms with Crippen molar-refractivity contribution < 1.29 is 27.8 Å². The van der Waals surface area contributed by atoms with E-state index in [4.69, 9.17) is 20.0 Å². The van der Waals surface area contributed by atoms with E-state index in [0.717, 1.165) is 6.07 Å². The van der Waals surface area contributed by atoms with Gasteiger partial charge in [-0.1, -0.05) is 0 Å². The van der Waals surface area contributed by atoms with Gasteiger partial charge in [-0.3, -0.25) is 18.8 Å². The number of aliphatic carboxylic acids is 1. The van der Waals surface area contributed by atoms with E-state index in [2.05, 4.69) is 15.0 Å². The number of furan rings is 1. The number of anilines is 2. The van der Waals surface area contributed by atoms with Crippen LogP contribution in [0, 0.1) is 11.6 Å². The highest BCUT2D eigenvalue weighted by atomic mass is 19.1. The van der Waals surface area contributed by atoms with Crippen LogP contribution in [0.2, 0.25) is 0 Å². The molecule has 4 aromatic heterocycles. The molecular formula is C28H30F2N8O5. The van der Waals surface area contributed by atoms with Crippen molar-refractivity contribution in [3.05, 3.63) is 58.7 Å². The number of nitrogens with two attached hydrogens (primary N) is 1. The van der Waals surface area contributed by atoms with Gasteiger partial charge in [-0.2, -0.15) is 14.6 Å². The largest absolute Gasteiger partial charge is 0.490 e. The average molecular weight is 597 g/mol. The van der Waals surface area contributed by atoms with Crippen LogP contribution in [0.3, 0.4) is 0 Å². The molecule has 0 radical (unpaired) electrons. The Morgan fingerprint density at radius 1 is 1.14 bits per heavy atom. The highest BCUT2D eigenvalue weighted by Crippen LogP contribution is 2.30. The number of hydrogen-bond acceptors (Lipinski definition) is 9. The van der Waals surface area contributed by atoms with Gasteiger partial charge in [-0.15, -0.1) is 0 Å². The summed E-state index contributed by atoms with van der Waals surface area (Å²) in [6.45, 7) is 3.02. The van der Waals surface area contributed by atoms with Crippen molar-refractivity contribution in [2.24, 2.45) is 7.05 Å². The van der Waals surface area contributed by atoms with Crippen molar-refractivity contribution in [2.45, 2.75) is 19.4 Å². The minimum absolute atomic E-state index is 0.00774. The van der Waals surface area contributed by atoms with Gasteiger partial charge in [0.15, 0.2) is 23.0 Å². The van der Waals surface area contributed by atoms with Gasteiger partial charge in [-0.05, 0) is 24.6 Å². The molecule has 6 rings (SSSR count). The predicted octanol–water partition coefficient (Wildman–Crippen LogP) is 2.57. The maximum absolute atomic E-state index is 14.7. The van der Waals surface area contributed by atoms with Gasteiger partial charge in [0, 0.05) is 64.9 Å². The molecule has 43 heavy (non-hydrogen) atoms. The number of imidazole rings is 1. The quantitative estimate of drug-likeness (QED) is 0.230. The van der Waals surface area contributed by atoms with Gasteiger partial charge in [0.25, 0.3) is 0 Å². The first kappa shape index (κ1) is 28.2. The van der Waals surface area contributed by atoms with E-state index >= 15 is 0 Å². The maximum Gasteiger partial charge on any atom is 0.330 e.